The van der Waals surface area contributed by atoms with E-state index in [1.54, 1.807) is 12.4 Å². The maximum absolute atomic E-state index is 6.05. The molecule has 4 rings (SSSR count). The van der Waals surface area contributed by atoms with Gasteiger partial charge in [-0.15, -0.1) is 0 Å². The first kappa shape index (κ1) is 16.9. The van der Waals surface area contributed by atoms with Crippen LogP contribution in [0, 0.1) is 0 Å². The second-order valence-corrected chi connectivity index (χ2v) is 5.92. The van der Waals surface area contributed by atoms with Crippen LogP contribution >= 0.6 is 11.6 Å². The Morgan fingerprint density at radius 1 is 0.480 bits per heavy atom. The smallest absolute Gasteiger partial charge is 0.0412 e. The number of hydrogen-bond acceptors (Lipinski definition) is 1. The highest BCUT2D eigenvalue weighted by Gasteiger charge is 2.01. The minimum atomic E-state index is 0.766. The molecule has 0 unspecified atom stereocenters. The van der Waals surface area contributed by atoms with E-state index in [4.69, 9.17) is 11.6 Å². The van der Waals surface area contributed by atoms with Crippen molar-refractivity contribution in [1.29, 1.82) is 0 Å². The lowest BCUT2D eigenvalue weighted by molar-refractivity contribution is 1.33. The molecule has 0 atom stereocenters. The van der Waals surface area contributed by atoms with E-state index in [0.29, 0.717) is 0 Å². The zero-order valence-corrected chi connectivity index (χ0v) is 14.5. The topological polar surface area (TPSA) is 12.9 Å². The largest absolute Gasteiger partial charge is 0.265 e. The van der Waals surface area contributed by atoms with Crippen LogP contribution < -0.4 is 0 Å². The van der Waals surface area contributed by atoms with Crippen LogP contribution in [-0.2, 0) is 0 Å². The minimum absolute atomic E-state index is 0.766. The quantitative estimate of drug-likeness (QED) is 0.392. The third-order valence-corrected chi connectivity index (χ3v) is 3.93. The molecule has 0 radical (unpaired) electrons. The molecular weight excluding hydrogens is 326 g/mol. The highest BCUT2D eigenvalue weighted by molar-refractivity contribution is 6.30. The fraction of sp³-hybridized carbons (Fsp3) is 0. The van der Waals surface area contributed by atoms with Crippen molar-refractivity contribution in [2.24, 2.45) is 0 Å². The Morgan fingerprint density at radius 3 is 1.56 bits per heavy atom. The van der Waals surface area contributed by atoms with Gasteiger partial charge in [0.15, 0.2) is 0 Å². The summed E-state index contributed by atoms with van der Waals surface area (Å²) in [5.41, 5.74) is 4.78. The Bertz CT molecular complexity index is 878. The van der Waals surface area contributed by atoms with Crippen LogP contribution in [0.4, 0.5) is 0 Å². The molecule has 0 aliphatic carbocycles. The number of pyridine rings is 1. The van der Waals surface area contributed by atoms with Gasteiger partial charge in [0.05, 0.1) is 0 Å². The molecule has 1 aromatic heterocycles. The second-order valence-electron chi connectivity index (χ2n) is 5.48. The van der Waals surface area contributed by atoms with Crippen LogP contribution in [0.15, 0.2) is 109 Å². The monoisotopic (exact) mass is 343 g/mol. The van der Waals surface area contributed by atoms with Gasteiger partial charge in [-0.1, -0.05) is 78.3 Å². The summed E-state index contributed by atoms with van der Waals surface area (Å²) in [6.07, 6.45) is 3.50. The molecule has 0 saturated heterocycles. The summed E-state index contributed by atoms with van der Waals surface area (Å²) in [6.45, 7) is 0. The number of benzene rings is 3. The van der Waals surface area contributed by atoms with E-state index >= 15 is 0 Å². The van der Waals surface area contributed by atoms with Gasteiger partial charge in [-0.25, -0.2) is 0 Å². The highest BCUT2D eigenvalue weighted by atomic mass is 35.5. The summed E-state index contributed by atoms with van der Waals surface area (Å²) in [7, 11) is 0. The lowest BCUT2D eigenvalue weighted by atomic mass is 9.99. The van der Waals surface area contributed by atoms with Crippen molar-refractivity contribution >= 4 is 11.6 Å². The second kappa shape index (κ2) is 8.81. The predicted molar refractivity (Wildman–Crippen MR) is 107 cm³/mol. The SMILES string of the molecule is Clc1cccc(-c2cccc(-c3ccccc3)c2)c1.c1ccncc1. The third kappa shape index (κ3) is 5.03. The molecule has 0 N–H and O–H groups in total. The minimum Gasteiger partial charge on any atom is -0.265 e. The summed E-state index contributed by atoms with van der Waals surface area (Å²) in [5.74, 6) is 0. The summed E-state index contributed by atoms with van der Waals surface area (Å²) in [4.78, 5) is 3.78. The first-order valence-corrected chi connectivity index (χ1v) is 8.47. The molecule has 0 aliphatic heterocycles. The molecule has 0 bridgehead atoms. The summed E-state index contributed by atoms with van der Waals surface area (Å²) in [5, 5.41) is 0.766. The molecule has 0 aliphatic rings. The predicted octanol–water partition coefficient (Wildman–Crippen LogP) is 6.76. The zero-order chi connectivity index (χ0) is 17.3. The fourth-order valence-electron chi connectivity index (χ4n) is 2.49. The van der Waals surface area contributed by atoms with Gasteiger partial charge in [0.1, 0.15) is 0 Å². The van der Waals surface area contributed by atoms with Gasteiger partial charge >= 0.3 is 0 Å². The first-order chi connectivity index (χ1) is 12.3. The molecule has 25 heavy (non-hydrogen) atoms. The van der Waals surface area contributed by atoms with E-state index in [0.717, 1.165) is 10.6 Å². The lowest BCUT2D eigenvalue weighted by Crippen LogP contribution is -1.81. The Kier molecular flexibility index (Phi) is 5.97. The van der Waals surface area contributed by atoms with Crippen molar-refractivity contribution in [2.45, 2.75) is 0 Å². The molecule has 2 heteroatoms. The van der Waals surface area contributed by atoms with Gasteiger partial charge in [0.2, 0.25) is 0 Å². The Morgan fingerprint density at radius 2 is 1.00 bits per heavy atom. The lowest BCUT2D eigenvalue weighted by Gasteiger charge is -2.06. The van der Waals surface area contributed by atoms with Crippen molar-refractivity contribution in [2.75, 3.05) is 0 Å². The van der Waals surface area contributed by atoms with Crippen LogP contribution in [-0.4, -0.2) is 4.98 Å². The molecule has 3 aromatic carbocycles. The summed E-state index contributed by atoms with van der Waals surface area (Å²) in [6, 6.07) is 32.6. The van der Waals surface area contributed by atoms with Crippen LogP contribution in [0.25, 0.3) is 22.3 Å². The molecular formula is C23H18ClN. The van der Waals surface area contributed by atoms with Gasteiger partial charge in [0.25, 0.3) is 0 Å². The molecule has 1 nitrogen and oxygen atoms in total. The Hall–Kier alpha value is -2.90. The average Bonchev–Trinajstić information content (AvgIpc) is 2.71. The molecule has 122 valence electrons. The van der Waals surface area contributed by atoms with E-state index in [9.17, 15) is 0 Å². The van der Waals surface area contributed by atoms with E-state index in [-0.39, 0.29) is 0 Å². The standard InChI is InChI=1S/C18H13Cl.C5H5N/c19-18-11-5-10-17(13-18)16-9-4-8-15(12-16)14-6-2-1-3-7-14;1-2-4-6-5-3-1/h1-13H;1-5H. The van der Waals surface area contributed by atoms with E-state index in [2.05, 4.69) is 59.6 Å². The molecule has 4 aromatic rings. The normalized spacial score (nSPS) is 9.80. The Labute approximate surface area is 153 Å². The van der Waals surface area contributed by atoms with Crippen molar-refractivity contribution in [1.82, 2.24) is 4.98 Å². The number of halogens is 1. The van der Waals surface area contributed by atoms with Crippen molar-refractivity contribution < 1.29 is 0 Å². The molecule has 0 spiro atoms. The van der Waals surface area contributed by atoms with E-state index in [1.807, 2.05) is 42.5 Å². The van der Waals surface area contributed by atoms with Gasteiger partial charge in [0, 0.05) is 17.4 Å². The van der Waals surface area contributed by atoms with Crippen LogP contribution in [0.3, 0.4) is 0 Å². The van der Waals surface area contributed by atoms with Gasteiger partial charge in [-0.05, 0) is 52.6 Å². The van der Waals surface area contributed by atoms with Crippen molar-refractivity contribution in [3.05, 3.63) is 114 Å². The highest BCUT2D eigenvalue weighted by Crippen LogP contribution is 2.27. The molecule has 0 fully saturated rings. The Balaban J connectivity index is 0.000000258. The maximum atomic E-state index is 6.05. The van der Waals surface area contributed by atoms with Gasteiger partial charge in [-0.3, -0.25) is 4.98 Å². The number of nitrogens with zero attached hydrogens (tertiary/aromatic N) is 1. The van der Waals surface area contributed by atoms with Crippen LogP contribution in [0.5, 0.6) is 0 Å². The maximum Gasteiger partial charge on any atom is 0.0412 e. The van der Waals surface area contributed by atoms with Crippen molar-refractivity contribution in [3.63, 3.8) is 0 Å². The average molecular weight is 344 g/mol. The third-order valence-electron chi connectivity index (χ3n) is 3.69. The molecule has 0 amide bonds. The van der Waals surface area contributed by atoms with Crippen LogP contribution in [0.2, 0.25) is 5.02 Å². The number of aromatic nitrogens is 1. The fourth-order valence-corrected chi connectivity index (χ4v) is 2.68. The van der Waals surface area contributed by atoms with Gasteiger partial charge in [-0.2, -0.15) is 0 Å². The van der Waals surface area contributed by atoms with E-state index < -0.39 is 0 Å². The molecule has 0 saturated carbocycles. The summed E-state index contributed by atoms with van der Waals surface area (Å²) >= 11 is 6.05. The zero-order valence-electron chi connectivity index (χ0n) is 13.7. The molecule has 1 heterocycles. The van der Waals surface area contributed by atoms with Crippen LogP contribution in [0.1, 0.15) is 0 Å². The van der Waals surface area contributed by atoms with Crippen molar-refractivity contribution in [3.8, 4) is 22.3 Å². The summed E-state index contributed by atoms with van der Waals surface area (Å²) < 4.78 is 0. The number of rotatable bonds is 2. The number of hydrogen-bond donors (Lipinski definition) is 0. The van der Waals surface area contributed by atoms with E-state index in [1.165, 1.54) is 16.7 Å². The van der Waals surface area contributed by atoms with Gasteiger partial charge < -0.3 is 0 Å². The first-order valence-electron chi connectivity index (χ1n) is 8.09.